The van der Waals surface area contributed by atoms with Gasteiger partial charge in [0.05, 0.1) is 5.56 Å². The molecular formula is C15H15N3O2S. The van der Waals surface area contributed by atoms with Crippen LogP contribution in [-0.4, -0.2) is 19.6 Å². The van der Waals surface area contributed by atoms with Crippen LogP contribution in [0.4, 0.5) is 5.00 Å². The van der Waals surface area contributed by atoms with Crippen molar-refractivity contribution in [2.75, 3.05) is 19.0 Å². The lowest BCUT2D eigenvalue weighted by molar-refractivity contribution is -0.118. The molecule has 0 unspecified atom stereocenters. The summed E-state index contributed by atoms with van der Waals surface area (Å²) >= 11 is 1.32. The highest BCUT2D eigenvalue weighted by Gasteiger charge is 2.10. The zero-order valence-electron chi connectivity index (χ0n) is 11.6. The Bertz CT molecular complexity index is 661. The van der Waals surface area contributed by atoms with Crippen LogP contribution in [0, 0.1) is 11.3 Å². The number of carbonyl (C=O) groups is 1. The highest BCUT2D eigenvalue weighted by Crippen LogP contribution is 2.22. The van der Waals surface area contributed by atoms with Gasteiger partial charge < -0.3 is 15.4 Å². The smallest absolute Gasteiger partial charge is 0.262 e. The number of amides is 1. The first kappa shape index (κ1) is 15.0. The van der Waals surface area contributed by atoms with E-state index in [9.17, 15) is 4.79 Å². The Balaban J connectivity index is 1.94. The van der Waals surface area contributed by atoms with Crippen molar-refractivity contribution in [3.63, 3.8) is 0 Å². The molecule has 1 amide bonds. The van der Waals surface area contributed by atoms with Crippen molar-refractivity contribution in [1.29, 1.82) is 5.26 Å². The van der Waals surface area contributed by atoms with Crippen LogP contribution >= 0.6 is 11.3 Å². The van der Waals surface area contributed by atoms with E-state index in [0.29, 0.717) is 22.9 Å². The molecule has 5 nitrogen and oxygen atoms in total. The SMILES string of the molecule is CNCc1ccccc1OCC(=O)Nc1sccc1C#N. The first-order chi connectivity index (χ1) is 10.2. The van der Waals surface area contributed by atoms with Crippen molar-refractivity contribution in [2.24, 2.45) is 0 Å². The van der Waals surface area contributed by atoms with Crippen LogP contribution in [0.5, 0.6) is 5.75 Å². The van der Waals surface area contributed by atoms with Gasteiger partial charge in [-0.1, -0.05) is 18.2 Å². The summed E-state index contributed by atoms with van der Waals surface area (Å²) in [7, 11) is 1.85. The van der Waals surface area contributed by atoms with Crippen molar-refractivity contribution < 1.29 is 9.53 Å². The highest BCUT2D eigenvalue weighted by atomic mass is 32.1. The van der Waals surface area contributed by atoms with E-state index in [-0.39, 0.29) is 12.5 Å². The number of nitrogens with one attached hydrogen (secondary N) is 2. The predicted octanol–water partition coefficient (Wildman–Crippen LogP) is 2.36. The van der Waals surface area contributed by atoms with Gasteiger partial charge in [0.15, 0.2) is 6.61 Å². The molecule has 1 aromatic carbocycles. The van der Waals surface area contributed by atoms with Crippen LogP contribution in [0.2, 0.25) is 0 Å². The third-order valence-corrected chi connectivity index (χ3v) is 3.57. The number of benzene rings is 1. The lowest BCUT2D eigenvalue weighted by Gasteiger charge is -2.11. The van der Waals surface area contributed by atoms with Crippen molar-refractivity contribution in [1.82, 2.24) is 5.32 Å². The minimum absolute atomic E-state index is 0.0938. The Labute approximate surface area is 127 Å². The van der Waals surface area contributed by atoms with Crippen LogP contribution in [0.25, 0.3) is 0 Å². The number of thiophene rings is 1. The molecule has 21 heavy (non-hydrogen) atoms. The number of nitrogens with zero attached hydrogens (tertiary/aromatic N) is 1. The molecule has 2 aromatic rings. The van der Waals surface area contributed by atoms with Crippen molar-refractivity contribution in [2.45, 2.75) is 6.54 Å². The van der Waals surface area contributed by atoms with Crippen LogP contribution in [0.3, 0.4) is 0 Å². The fourth-order valence-electron chi connectivity index (χ4n) is 1.78. The van der Waals surface area contributed by atoms with Gasteiger partial charge in [-0.3, -0.25) is 4.79 Å². The summed E-state index contributed by atoms with van der Waals surface area (Å²) in [6, 6.07) is 11.2. The first-order valence-corrected chi connectivity index (χ1v) is 7.25. The molecule has 1 heterocycles. The molecule has 0 bridgehead atoms. The first-order valence-electron chi connectivity index (χ1n) is 6.37. The van der Waals surface area contributed by atoms with Gasteiger partial charge in [-0.05, 0) is 24.6 Å². The van der Waals surface area contributed by atoms with Gasteiger partial charge in [-0.2, -0.15) is 5.26 Å². The van der Waals surface area contributed by atoms with Gasteiger partial charge in [0.25, 0.3) is 5.91 Å². The average molecular weight is 301 g/mol. The Morgan fingerprint density at radius 2 is 2.19 bits per heavy atom. The summed E-state index contributed by atoms with van der Waals surface area (Å²) in [6.45, 7) is 0.574. The summed E-state index contributed by atoms with van der Waals surface area (Å²) in [5.41, 5.74) is 1.45. The van der Waals surface area contributed by atoms with Crippen LogP contribution in [0.1, 0.15) is 11.1 Å². The lowest BCUT2D eigenvalue weighted by Crippen LogP contribution is -2.20. The third kappa shape index (κ3) is 4.05. The highest BCUT2D eigenvalue weighted by molar-refractivity contribution is 7.14. The summed E-state index contributed by atoms with van der Waals surface area (Å²) in [6.07, 6.45) is 0. The molecule has 0 saturated carbocycles. The Morgan fingerprint density at radius 3 is 2.95 bits per heavy atom. The molecule has 0 spiro atoms. The largest absolute Gasteiger partial charge is 0.483 e. The summed E-state index contributed by atoms with van der Waals surface area (Å²) in [4.78, 5) is 11.9. The van der Waals surface area contributed by atoms with E-state index in [4.69, 9.17) is 10.00 Å². The van der Waals surface area contributed by atoms with E-state index < -0.39 is 0 Å². The molecule has 0 fully saturated rings. The Morgan fingerprint density at radius 1 is 1.38 bits per heavy atom. The Hall–Kier alpha value is -2.36. The quantitative estimate of drug-likeness (QED) is 0.859. The molecule has 1 aromatic heterocycles. The van der Waals surface area contributed by atoms with Gasteiger partial charge >= 0.3 is 0 Å². The normalized spacial score (nSPS) is 9.90. The molecule has 0 saturated heterocycles. The molecule has 0 atom stereocenters. The maximum atomic E-state index is 11.9. The number of hydrogen-bond acceptors (Lipinski definition) is 5. The topological polar surface area (TPSA) is 74.2 Å². The van der Waals surface area contributed by atoms with Gasteiger partial charge in [0.2, 0.25) is 0 Å². The molecule has 0 aliphatic rings. The maximum absolute atomic E-state index is 11.9. The van der Waals surface area contributed by atoms with E-state index in [2.05, 4.69) is 10.6 Å². The Kier molecular flexibility index (Phi) is 5.32. The zero-order valence-corrected chi connectivity index (χ0v) is 12.4. The van der Waals surface area contributed by atoms with Gasteiger partial charge in [-0.15, -0.1) is 11.3 Å². The van der Waals surface area contributed by atoms with E-state index in [1.165, 1.54) is 11.3 Å². The van der Waals surface area contributed by atoms with Crippen molar-refractivity contribution in [3.05, 3.63) is 46.8 Å². The number of rotatable bonds is 6. The van der Waals surface area contributed by atoms with Crippen LogP contribution in [0.15, 0.2) is 35.7 Å². The summed E-state index contributed by atoms with van der Waals surface area (Å²) in [5, 5.41) is 16.9. The standard InChI is InChI=1S/C15H15N3O2S/c1-17-9-12-4-2-3-5-13(12)20-10-14(19)18-15-11(8-16)6-7-21-15/h2-7,17H,9-10H2,1H3,(H,18,19). The maximum Gasteiger partial charge on any atom is 0.262 e. The molecule has 0 radical (unpaired) electrons. The fourth-order valence-corrected chi connectivity index (χ4v) is 2.53. The van der Waals surface area contributed by atoms with Crippen LogP contribution < -0.4 is 15.4 Å². The predicted molar refractivity (Wildman–Crippen MR) is 82.4 cm³/mol. The van der Waals surface area contributed by atoms with Gasteiger partial charge in [0.1, 0.15) is 16.8 Å². The number of carbonyl (C=O) groups excluding carboxylic acids is 1. The number of ether oxygens (including phenoxy) is 1. The third-order valence-electron chi connectivity index (χ3n) is 2.74. The van der Waals surface area contributed by atoms with E-state index in [0.717, 1.165) is 5.56 Å². The lowest BCUT2D eigenvalue weighted by atomic mass is 10.2. The van der Waals surface area contributed by atoms with Gasteiger partial charge in [0, 0.05) is 12.1 Å². The van der Waals surface area contributed by atoms with Gasteiger partial charge in [-0.25, -0.2) is 0 Å². The number of anilines is 1. The molecule has 2 N–H and O–H groups in total. The molecule has 6 heteroatoms. The van der Waals surface area contributed by atoms with E-state index in [1.807, 2.05) is 37.4 Å². The minimum Gasteiger partial charge on any atom is -0.483 e. The number of nitriles is 1. The minimum atomic E-state index is -0.284. The van der Waals surface area contributed by atoms with E-state index >= 15 is 0 Å². The molecule has 2 rings (SSSR count). The molecular weight excluding hydrogens is 286 g/mol. The second-order valence-electron chi connectivity index (χ2n) is 4.25. The average Bonchev–Trinajstić information content (AvgIpc) is 2.94. The summed E-state index contributed by atoms with van der Waals surface area (Å²) in [5.74, 6) is 0.391. The fraction of sp³-hybridized carbons (Fsp3) is 0.200. The molecule has 0 aliphatic carbocycles. The van der Waals surface area contributed by atoms with Crippen LogP contribution in [-0.2, 0) is 11.3 Å². The second kappa shape index (κ2) is 7.43. The second-order valence-corrected chi connectivity index (χ2v) is 5.17. The molecule has 108 valence electrons. The van der Waals surface area contributed by atoms with E-state index in [1.54, 1.807) is 11.4 Å². The number of para-hydroxylation sites is 1. The monoisotopic (exact) mass is 301 g/mol. The van der Waals surface area contributed by atoms with Crippen molar-refractivity contribution >= 4 is 22.2 Å². The molecule has 0 aliphatic heterocycles. The number of hydrogen-bond donors (Lipinski definition) is 2. The van der Waals surface area contributed by atoms with Crippen molar-refractivity contribution in [3.8, 4) is 11.8 Å². The summed E-state index contributed by atoms with van der Waals surface area (Å²) < 4.78 is 5.54. The zero-order chi connectivity index (χ0) is 15.1.